The van der Waals surface area contributed by atoms with Crippen molar-refractivity contribution in [2.45, 2.75) is 175 Å². The van der Waals surface area contributed by atoms with E-state index in [-0.39, 0.29) is 50.0 Å². The summed E-state index contributed by atoms with van der Waals surface area (Å²) < 4.78 is 0. The second-order valence-corrected chi connectivity index (χ2v) is 32.4. The highest BCUT2D eigenvalue weighted by atomic mass is 15.2. The van der Waals surface area contributed by atoms with Crippen molar-refractivity contribution in [1.29, 1.82) is 0 Å². The molecule has 0 aromatic heterocycles. The van der Waals surface area contributed by atoms with Gasteiger partial charge in [-0.3, -0.25) is 0 Å². The molecule has 0 saturated heterocycles. The van der Waals surface area contributed by atoms with Crippen LogP contribution in [0.3, 0.4) is 0 Å². The van der Waals surface area contributed by atoms with Gasteiger partial charge in [0.2, 0.25) is 0 Å². The van der Waals surface area contributed by atoms with Crippen molar-refractivity contribution in [2.75, 3.05) is 9.80 Å². The summed E-state index contributed by atoms with van der Waals surface area (Å²) in [5.74, 6) is 0. The second kappa shape index (κ2) is 18.1. The quantitative estimate of drug-likeness (QED) is 0.163. The molecule has 16 rings (SSSR count). The first-order valence-electron chi connectivity index (χ1n) is 33.4. The molecule has 10 aromatic rings. The summed E-state index contributed by atoms with van der Waals surface area (Å²) in [6, 6.07) is 73.2. The van der Waals surface area contributed by atoms with Crippen LogP contribution in [0.25, 0.3) is 11.1 Å². The summed E-state index contributed by atoms with van der Waals surface area (Å²) in [4.78, 5) is 5.50. The van der Waals surface area contributed by atoms with E-state index >= 15 is 0 Å². The van der Waals surface area contributed by atoms with Crippen LogP contribution in [0.4, 0.5) is 34.1 Å². The number of benzene rings is 10. The molecule has 2 nitrogen and oxygen atoms in total. The SMILES string of the molecule is Cc1cc(C)c(-c2cc3c4c(c2)N(c2ccc5c(c2)C(C)(C)c2ccccc2C5(C)C)c2cc5c(cc2B4c2cc4c(cc2N3c2ccc3c(c2)C(C)(C)c2ccccc2C3(C)C)C(C)(C)c2ccccc2C4(C)C)C(C)(C)c2ccccc2C5(C)C)c(C)c1. The Balaban J connectivity index is 1.07. The minimum Gasteiger partial charge on any atom is -0.311 e. The van der Waals surface area contributed by atoms with Gasteiger partial charge in [0.1, 0.15) is 0 Å². The molecule has 0 unspecified atom stereocenters. The summed E-state index contributed by atoms with van der Waals surface area (Å²) in [7, 11) is 0. The van der Waals surface area contributed by atoms with E-state index in [0.717, 1.165) is 0 Å². The van der Waals surface area contributed by atoms with Gasteiger partial charge in [0.15, 0.2) is 0 Å². The third-order valence-electron chi connectivity index (χ3n) is 24.3. The number of fused-ring (bicyclic) bond motifs is 12. The summed E-state index contributed by atoms with van der Waals surface area (Å²) >= 11 is 0. The zero-order valence-corrected chi connectivity index (χ0v) is 56.8. The molecule has 0 amide bonds. The van der Waals surface area contributed by atoms with Gasteiger partial charge in [-0.2, -0.15) is 0 Å². The van der Waals surface area contributed by atoms with Crippen molar-refractivity contribution >= 4 is 57.2 Å². The van der Waals surface area contributed by atoms with E-state index in [4.69, 9.17) is 0 Å². The Labute approximate surface area is 537 Å². The lowest BCUT2D eigenvalue weighted by molar-refractivity contribution is 0.520. The number of hydrogen-bond donors (Lipinski definition) is 0. The molecule has 0 radical (unpaired) electrons. The van der Waals surface area contributed by atoms with Crippen molar-refractivity contribution in [2.24, 2.45) is 0 Å². The summed E-state index contributed by atoms with van der Waals surface area (Å²) in [5.41, 5.74) is 38.4. The maximum absolute atomic E-state index is 2.75. The van der Waals surface area contributed by atoms with E-state index in [1.54, 1.807) is 0 Å². The van der Waals surface area contributed by atoms with Crippen molar-refractivity contribution in [3.8, 4) is 11.1 Å². The van der Waals surface area contributed by atoms with Crippen molar-refractivity contribution in [3.05, 3.63) is 288 Å². The smallest absolute Gasteiger partial charge is 0.252 e. The van der Waals surface area contributed by atoms with Gasteiger partial charge in [-0.05, 0) is 197 Å². The predicted octanol–water partition coefficient (Wildman–Crippen LogP) is 20.2. The van der Waals surface area contributed by atoms with Crippen molar-refractivity contribution < 1.29 is 0 Å². The van der Waals surface area contributed by atoms with Gasteiger partial charge < -0.3 is 9.80 Å². The highest BCUT2D eigenvalue weighted by Gasteiger charge is 2.52. The van der Waals surface area contributed by atoms with Gasteiger partial charge in [-0.1, -0.05) is 250 Å². The van der Waals surface area contributed by atoms with Crippen LogP contribution < -0.4 is 26.2 Å². The van der Waals surface area contributed by atoms with Gasteiger partial charge in [0.25, 0.3) is 6.71 Å². The van der Waals surface area contributed by atoms with E-state index in [9.17, 15) is 0 Å². The van der Waals surface area contributed by atoms with Crippen LogP contribution in [-0.4, -0.2) is 6.71 Å². The van der Waals surface area contributed by atoms with E-state index in [0.29, 0.717) is 0 Å². The summed E-state index contributed by atoms with van der Waals surface area (Å²) in [6.45, 7) is 46.3. The van der Waals surface area contributed by atoms with Gasteiger partial charge in [0, 0.05) is 77.4 Å². The van der Waals surface area contributed by atoms with Crippen LogP contribution in [0.2, 0.25) is 0 Å². The van der Waals surface area contributed by atoms with Gasteiger partial charge >= 0.3 is 0 Å². The first kappa shape index (κ1) is 57.1. The molecule has 2 heterocycles. The molecule has 448 valence electrons. The summed E-state index contributed by atoms with van der Waals surface area (Å²) in [6.07, 6.45) is 0. The number of nitrogens with zero attached hydrogens (tertiary/aromatic N) is 2. The molecule has 90 heavy (non-hydrogen) atoms. The average Bonchev–Trinajstić information content (AvgIpc) is 0.682. The molecular formula is C87H87BN2. The lowest BCUT2D eigenvalue weighted by atomic mass is 9.32. The van der Waals surface area contributed by atoms with Crippen molar-refractivity contribution in [3.63, 3.8) is 0 Å². The number of rotatable bonds is 3. The predicted molar refractivity (Wildman–Crippen MR) is 383 cm³/mol. The highest BCUT2D eigenvalue weighted by Crippen LogP contribution is 2.59. The fourth-order valence-electron chi connectivity index (χ4n) is 19.4. The molecular weight excluding hydrogens is 1080 g/mol. The molecule has 0 atom stereocenters. The first-order chi connectivity index (χ1) is 42.4. The van der Waals surface area contributed by atoms with E-state index in [1.807, 2.05) is 0 Å². The third kappa shape index (κ3) is 7.24. The van der Waals surface area contributed by atoms with Gasteiger partial charge in [0.05, 0.1) is 0 Å². The Bertz CT molecular complexity index is 4540. The Kier molecular flexibility index (Phi) is 11.5. The fourth-order valence-corrected chi connectivity index (χ4v) is 19.4. The van der Waals surface area contributed by atoms with Crippen LogP contribution in [0, 0.1) is 20.8 Å². The average molecular weight is 1170 g/mol. The molecule has 3 heteroatoms. The Morgan fingerprint density at radius 3 is 0.811 bits per heavy atom. The standard InChI is InChI=1S/C87H87BN2/c1-50-40-51(2)78(52(3)41-50)53-42-76-79-77(43-53)90(55-37-39-65-67(45-55)83(10,11)59-31-23-21-29-57(59)81(65,6)7)75-49-71-69(85(14,15)61-33-25-27-35-63(61)87(71,18)19)47-73(75)88(79)72-46-68-70(86(16,17)62-34-26-24-32-60(62)84(68,12)13)48-74(72)89(76)54-36-38-64-66(44-54)82(8,9)58-30-22-20-28-56(58)80(64,4)5/h20-49H,1-19H3. The number of aryl methyl sites for hydroxylation is 3. The maximum Gasteiger partial charge on any atom is 0.252 e. The minimum absolute atomic E-state index is 0.121. The molecule has 4 aliphatic carbocycles. The zero-order valence-electron chi connectivity index (χ0n) is 56.8. The van der Waals surface area contributed by atoms with E-state index in [2.05, 4.69) is 323 Å². The molecule has 2 aliphatic heterocycles. The van der Waals surface area contributed by atoms with Crippen LogP contribution in [0.5, 0.6) is 0 Å². The Hall–Kier alpha value is -8.14. The fraction of sp³-hybridized carbons (Fsp3) is 0.310. The monoisotopic (exact) mass is 1170 g/mol. The van der Waals surface area contributed by atoms with Crippen LogP contribution in [-0.2, 0) is 43.3 Å². The van der Waals surface area contributed by atoms with E-state index in [1.165, 1.54) is 167 Å². The topological polar surface area (TPSA) is 6.48 Å². The van der Waals surface area contributed by atoms with Crippen LogP contribution in [0.1, 0.15) is 216 Å². The molecule has 10 aromatic carbocycles. The number of hydrogen-bond acceptors (Lipinski definition) is 2. The van der Waals surface area contributed by atoms with Gasteiger partial charge in [-0.15, -0.1) is 0 Å². The van der Waals surface area contributed by atoms with Crippen LogP contribution in [0.15, 0.2) is 182 Å². The third-order valence-corrected chi connectivity index (χ3v) is 24.3. The summed E-state index contributed by atoms with van der Waals surface area (Å²) in [5, 5.41) is 0. The van der Waals surface area contributed by atoms with Gasteiger partial charge in [-0.25, -0.2) is 0 Å². The lowest BCUT2D eigenvalue weighted by Crippen LogP contribution is -2.62. The molecule has 0 fully saturated rings. The molecule has 0 spiro atoms. The molecule has 0 saturated carbocycles. The Morgan fingerprint density at radius 1 is 0.256 bits per heavy atom. The molecule has 0 bridgehead atoms. The number of anilines is 6. The molecule has 6 aliphatic rings. The molecule has 0 N–H and O–H groups in total. The zero-order chi connectivity index (χ0) is 63.3. The van der Waals surface area contributed by atoms with E-state index < -0.39 is 0 Å². The lowest BCUT2D eigenvalue weighted by Gasteiger charge is -2.50. The maximum atomic E-state index is 2.75. The Morgan fingerprint density at radius 2 is 0.511 bits per heavy atom. The first-order valence-corrected chi connectivity index (χ1v) is 33.4. The van der Waals surface area contributed by atoms with Crippen LogP contribution >= 0.6 is 0 Å². The van der Waals surface area contributed by atoms with Crippen molar-refractivity contribution in [1.82, 2.24) is 0 Å². The minimum atomic E-state index is -0.282. The largest absolute Gasteiger partial charge is 0.311 e. The normalized spacial score (nSPS) is 19.0. The second-order valence-electron chi connectivity index (χ2n) is 32.4. The highest BCUT2D eigenvalue weighted by molar-refractivity contribution is 7.00.